The van der Waals surface area contributed by atoms with Crippen molar-refractivity contribution in [1.29, 1.82) is 0 Å². The van der Waals surface area contributed by atoms with Crippen LogP contribution >= 0.6 is 0 Å². The lowest BCUT2D eigenvalue weighted by molar-refractivity contribution is 0.0652. The number of carbonyl (C=O) groups is 3. The molecule has 0 aliphatic heterocycles. The second kappa shape index (κ2) is 3.84. The number of hydrogen-bond donors (Lipinski definition) is 3. The lowest BCUT2D eigenvalue weighted by Gasteiger charge is -1.98. The lowest BCUT2D eigenvalue weighted by atomic mass is 10.1. The van der Waals surface area contributed by atoms with Crippen LogP contribution in [0.1, 0.15) is 31.4 Å². The summed E-state index contributed by atoms with van der Waals surface area (Å²) in [5.41, 5.74) is -1.16. The van der Waals surface area contributed by atoms with Crippen LogP contribution in [0.25, 0.3) is 11.1 Å². The van der Waals surface area contributed by atoms with E-state index in [-0.39, 0.29) is 16.7 Å². The lowest BCUT2D eigenvalue weighted by Crippen LogP contribution is -2.03. The van der Waals surface area contributed by atoms with Crippen molar-refractivity contribution in [3.63, 3.8) is 0 Å². The van der Waals surface area contributed by atoms with E-state index in [1.54, 1.807) is 0 Å². The fourth-order valence-corrected chi connectivity index (χ4v) is 1.41. The first kappa shape index (κ1) is 11.6. The van der Waals surface area contributed by atoms with Crippen molar-refractivity contribution in [2.45, 2.75) is 0 Å². The van der Waals surface area contributed by atoms with Gasteiger partial charge >= 0.3 is 23.8 Å². The fourth-order valence-electron chi connectivity index (χ4n) is 1.41. The molecule has 0 saturated heterocycles. The molecule has 1 aromatic carbocycles. The predicted molar refractivity (Wildman–Crippen MR) is 54.9 cm³/mol. The van der Waals surface area contributed by atoms with Crippen molar-refractivity contribution in [1.82, 2.24) is 4.98 Å². The zero-order chi connectivity index (χ0) is 13.4. The molecule has 0 spiro atoms. The summed E-state index contributed by atoms with van der Waals surface area (Å²) in [7, 11) is 0. The summed E-state index contributed by atoms with van der Waals surface area (Å²) >= 11 is 0. The second-order valence-corrected chi connectivity index (χ2v) is 3.31. The summed E-state index contributed by atoms with van der Waals surface area (Å²) in [5.74, 6) is -4.95. The maximum Gasteiger partial charge on any atom is 0.392 e. The molecule has 0 amide bonds. The van der Waals surface area contributed by atoms with E-state index in [9.17, 15) is 14.4 Å². The van der Waals surface area contributed by atoms with Gasteiger partial charge in [0.2, 0.25) is 0 Å². The minimum Gasteiger partial charge on any atom is -0.478 e. The third kappa shape index (κ3) is 1.75. The van der Waals surface area contributed by atoms with Crippen LogP contribution in [-0.2, 0) is 0 Å². The zero-order valence-corrected chi connectivity index (χ0v) is 8.58. The first-order valence-electron chi connectivity index (χ1n) is 4.54. The highest BCUT2D eigenvalue weighted by atomic mass is 16.4. The molecule has 0 atom stereocenters. The molecular weight excluding hydrogens is 246 g/mol. The summed E-state index contributed by atoms with van der Waals surface area (Å²) in [4.78, 5) is 35.9. The molecule has 0 bridgehead atoms. The number of benzene rings is 1. The van der Waals surface area contributed by atoms with E-state index in [0.29, 0.717) is 0 Å². The Bertz CT molecular complexity index is 685. The topological polar surface area (TPSA) is 138 Å². The van der Waals surface area contributed by atoms with E-state index in [2.05, 4.69) is 4.98 Å². The summed E-state index contributed by atoms with van der Waals surface area (Å²) in [5, 5.41) is 26.4. The maximum absolute atomic E-state index is 10.9. The summed E-state index contributed by atoms with van der Waals surface area (Å²) in [6.45, 7) is 0. The van der Waals surface area contributed by atoms with E-state index in [1.807, 2.05) is 0 Å². The number of nitrogens with zero attached hydrogens (tertiary/aromatic N) is 1. The number of aromatic carboxylic acids is 3. The first-order chi connectivity index (χ1) is 8.40. The molecular formula is C10H5NO7. The van der Waals surface area contributed by atoms with Crippen molar-refractivity contribution in [2.75, 3.05) is 0 Å². The standard InChI is InChI=1S/C10H5NO7/c12-8(13)3-1-4(9(14)15)6-5(2-3)18-7(11-6)10(16)17/h1-2H,(H,12,13)(H,14,15)(H,16,17). The van der Waals surface area contributed by atoms with Crippen LogP contribution in [0.5, 0.6) is 0 Å². The number of carboxylic acid groups (broad SMARTS) is 3. The first-order valence-corrected chi connectivity index (χ1v) is 4.54. The van der Waals surface area contributed by atoms with Gasteiger partial charge in [0, 0.05) is 0 Å². The van der Waals surface area contributed by atoms with E-state index >= 15 is 0 Å². The van der Waals surface area contributed by atoms with Gasteiger partial charge in [0.05, 0.1) is 11.1 Å². The monoisotopic (exact) mass is 251 g/mol. The zero-order valence-electron chi connectivity index (χ0n) is 8.58. The molecule has 0 aliphatic carbocycles. The van der Waals surface area contributed by atoms with Gasteiger partial charge in [-0.25, -0.2) is 19.4 Å². The van der Waals surface area contributed by atoms with Crippen LogP contribution < -0.4 is 0 Å². The van der Waals surface area contributed by atoms with Crippen molar-refractivity contribution >= 4 is 29.0 Å². The minimum atomic E-state index is -1.47. The van der Waals surface area contributed by atoms with E-state index in [4.69, 9.17) is 19.7 Å². The van der Waals surface area contributed by atoms with Gasteiger partial charge in [0.1, 0.15) is 5.52 Å². The smallest absolute Gasteiger partial charge is 0.392 e. The molecule has 92 valence electrons. The number of rotatable bonds is 3. The van der Waals surface area contributed by atoms with Gasteiger partial charge in [-0.2, -0.15) is 0 Å². The highest BCUT2D eigenvalue weighted by molar-refractivity contribution is 6.05. The van der Waals surface area contributed by atoms with Crippen LogP contribution in [-0.4, -0.2) is 38.2 Å². The SMILES string of the molecule is O=C(O)c1cc(C(=O)O)c2nc(C(=O)O)oc2c1. The Morgan fingerprint density at radius 2 is 1.67 bits per heavy atom. The Kier molecular flexibility index (Phi) is 2.47. The summed E-state index contributed by atoms with van der Waals surface area (Å²) in [6, 6.07) is 1.91. The normalized spacial score (nSPS) is 10.4. The van der Waals surface area contributed by atoms with Crippen LogP contribution in [0.2, 0.25) is 0 Å². The molecule has 2 aromatic rings. The Labute approximate surface area is 98.1 Å². The molecule has 0 saturated carbocycles. The van der Waals surface area contributed by atoms with Gasteiger partial charge in [-0.1, -0.05) is 0 Å². The molecule has 0 radical (unpaired) electrons. The van der Waals surface area contributed by atoms with E-state index in [1.165, 1.54) is 0 Å². The Morgan fingerprint density at radius 1 is 1.00 bits per heavy atom. The molecule has 0 aliphatic rings. The summed E-state index contributed by atoms with van der Waals surface area (Å²) in [6.07, 6.45) is 0. The van der Waals surface area contributed by atoms with Crippen LogP contribution in [0.15, 0.2) is 16.5 Å². The predicted octanol–water partition coefficient (Wildman–Crippen LogP) is 0.922. The molecule has 0 fully saturated rings. The van der Waals surface area contributed by atoms with Crippen molar-refractivity contribution in [3.05, 3.63) is 29.2 Å². The maximum atomic E-state index is 10.9. The van der Waals surface area contributed by atoms with Crippen molar-refractivity contribution < 1.29 is 34.1 Å². The van der Waals surface area contributed by atoms with Crippen LogP contribution in [0.4, 0.5) is 0 Å². The number of aromatic nitrogens is 1. The largest absolute Gasteiger partial charge is 0.478 e. The molecule has 1 aromatic heterocycles. The van der Waals surface area contributed by atoms with E-state index in [0.717, 1.165) is 12.1 Å². The molecule has 2 rings (SSSR count). The third-order valence-electron chi connectivity index (χ3n) is 2.16. The van der Waals surface area contributed by atoms with Crippen molar-refractivity contribution in [2.24, 2.45) is 0 Å². The van der Waals surface area contributed by atoms with Gasteiger partial charge in [-0.15, -0.1) is 0 Å². The Morgan fingerprint density at radius 3 is 2.17 bits per heavy atom. The average molecular weight is 251 g/mol. The van der Waals surface area contributed by atoms with Gasteiger partial charge in [-0.05, 0) is 12.1 Å². The highest BCUT2D eigenvalue weighted by Crippen LogP contribution is 2.22. The van der Waals surface area contributed by atoms with Gasteiger partial charge < -0.3 is 19.7 Å². The molecule has 8 heteroatoms. The molecule has 18 heavy (non-hydrogen) atoms. The highest BCUT2D eigenvalue weighted by Gasteiger charge is 2.21. The summed E-state index contributed by atoms with van der Waals surface area (Å²) < 4.78 is 4.77. The van der Waals surface area contributed by atoms with Crippen LogP contribution in [0, 0.1) is 0 Å². The molecule has 0 unspecified atom stereocenters. The number of hydrogen-bond acceptors (Lipinski definition) is 5. The van der Waals surface area contributed by atoms with Crippen molar-refractivity contribution in [3.8, 4) is 0 Å². The fraction of sp³-hybridized carbons (Fsp3) is 0. The van der Waals surface area contributed by atoms with Gasteiger partial charge in [0.25, 0.3) is 0 Å². The quantitative estimate of drug-likeness (QED) is 0.731. The second-order valence-electron chi connectivity index (χ2n) is 3.31. The molecule has 1 heterocycles. The number of fused-ring (bicyclic) bond motifs is 1. The Balaban J connectivity index is 2.81. The van der Waals surface area contributed by atoms with E-state index < -0.39 is 29.4 Å². The molecule has 3 N–H and O–H groups in total. The third-order valence-corrected chi connectivity index (χ3v) is 2.16. The molecule has 8 nitrogen and oxygen atoms in total. The minimum absolute atomic E-state index is 0.204. The average Bonchev–Trinajstić information content (AvgIpc) is 2.70. The Hall–Kier alpha value is -2.90. The number of oxazole rings is 1. The number of carboxylic acids is 3. The van der Waals surface area contributed by atoms with Gasteiger partial charge in [-0.3, -0.25) is 0 Å². The van der Waals surface area contributed by atoms with Crippen LogP contribution in [0.3, 0.4) is 0 Å². The van der Waals surface area contributed by atoms with Gasteiger partial charge in [0.15, 0.2) is 5.58 Å².